The van der Waals surface area contributed by atoms with Crippen LogP contribution in [0.3, 0.4) is 0 Å². The number of piperidine rings is 1. The second-order valence-corrected chi connectivity index (χ2v) is 5.56. The van der Waals surface area contributed by atoms with E-state index in [0.717, 1.165) is 31.5 Å². The molecule has 0 radical (unpaired) electrons. The summed E-state index contributed by atoms with van der Waals surface area (Å²) in [6, 6.07) is 3.72. The summed E-state index contributed by atoms with van der Waals surface area (Å²) in [5.74, 6) is 1.84. The van der Waals surface area contributed by atoms with Crippen LogP contribution in [-0.2, 0) is 4.79 Å². The van der Waals surface area contributed by atoms with Crippen LogP contribution in [0.15, 0.2) is 30.4 Å². The van der Waals surface area contributed by atoms with E-state index in [1.807, 2.05) is 29.2 Å². The van der Waals surface area contributed by atoms with Crippen molar-refractivity contribution >= 4 is 12.0 Å². The molecule has 1 amide bonds. The monoisotopic (exact) mass is 331 g/mol. The van der Waals surface area contributed by atoms with Gasteiger partial charge in [-0.05, 0) is 37.0 Å². The third-order valence-corrected chi connectivity index (χ3v) is 3.99. The molecule has 0 atom stereocenters. The topological polar surface area (TPSA) is 48.0 Å². The van der Waals surface area contributed by atoms with Crippen LogP contribution in [0, 0.1) is 0 Å². The van der Waals surface area contributed by atoms with E-state index in [4.69, 9.17) is 14.2 Å². The smallest absolute Gasteiger partial charge is 0.246 e. The number of rotatable bonds is 6. The van der Waals surface area contributed by atoms with Gasteiger partial charge in [-0.25, -0.2) is 0 Å². The zero-order valence-corrected chi connectivity index (χ0v) is 14.6. The summed E-state index contributed by atoms with van der Waals surface area (Å²) in [6.45, 7) is 1.72. The molecule has 1 aliphatic heterocycles. The lowest BCUT2D eigenvalue weighted by atomic mass is 10.1. The van der Waals surface area contributed by atoms with Crippen LogP contribution in [-0.4, -0.2) is 45.2 Å². The molecule has 0 spiro atoms. The van der Waals surface area contributed by atoms with Crippen molar-refractivity contribution in [2.45, 2.75) is 19.3 Å². The predicted molar refractivity (Wildman–Crippen MR) is 94.7 cm³/mol. The number of amides is 1. The Morgan fingerprint density at radius 1 is 0.958 bits per heavy atom. The number of carbonyl (C=O) groups excluding carboxylic acids is 1. The third kappa shape index (κ3) is 4.54. The molecule has 2 rings (SSSR count). The molecule has 1 aromatic carbocycles. The van der Waals surface area contributed by atoms with Crippen LogP contribution in [0.1, 0.15) is 24.8 Å². The van der Waals surface area contributed by atoms with E-state index in [9.17, 15) is 4.79 Å². The Kier molecular flexibility index (Phi) is 6.73. The van der Waals surface area contributed by atoms with Crippen LogP contribution < -0.4 is 14.2 Å². The molecule has 24 heavy (non-hydrogen) atoms. The molecule has 0 bridgehead atoms. The number of hydrogen-bond acceptors (Lipinski definition) is 4. The third-order valence-electron chi connectivity index (χ3n) is 3.99. The van der Waals surface area contributed by atoms with Crippen molar-refractivity contribution in [2.75, 3.05) is 34.4 Å². The molecule has 1 saturated heterocycles. The minimum absolute atomic E-state index is 0.0734. The van der Waals surface area contributed by atoms with E-state index >= 15 is 0 Å². The van der Waals surface area contributed by atoms with E-state index in [1.165, 1.54) is 6.42 Å². The zero-order valence-electron chi connectivity index (χ0n) is 14.6. The minimum atomic E-state index is 0.0734. The van der Waals surface area contributed by atoms with Gasteiger partial charge in [0.05, 0.1) is 21.3 Å². The maximum Gasteiger partial charge on any atom is 0.246 e. The highest BCUT2D eigenvalue weighted by Crippen LogP contribution is 2.38. The van der Waals surface area contributed by atoms with Crippen LogP contribution in [0.4, 0.5) is 0 Å². The normalized spacial score (nSPS) is 15.0. The number of likely N-dealkylation sites (tertiary alicyclic amines) is 1. The van der Waals surface area contributed by atoms with Gasteiger partial charge in [0.25, 0.3) is 0 Å². The fraction of sp³-hybridized carbons (Fsp3) is 0.421. The molecule has 1 aliphatic rings. The molecular formula is C19H25NO4. The second kappa shape index (κ2) is 9.01. The highest BCUT2D eigenvalue weighted by Gasteiger charge is 2.13. The van der Waals surface area contributed by atoms with Crippen LogP contribution >= 0.6 is 0 Å². The van der Waals surface area contributed by atoms with Crippen molar-refractivity contribution in [3.05, 3.63) is 35.9 Å². The van der Waals surface area contributed by atoms with Gasteiger partial charge in [0.15, 0.2) is 11.5 Å². The number of carbonyl (C=O) groups is 1. The van der Waals surface area contributed by atoms with Crippen molar-refractivity contribution in [2.24, 2.45) is 0 Å². The molecule has 0 N–H and O–H groups in total. The Bertz CT molecular complexity index is 591. The molecule has 0 aromatic heterocycles. The Labute approximate surface area is 143 Å². The fourth-order valence-corrected chi connectivity index (χ4v) is 2.72. The fourth-order valence-electron chi connectivity index (χ4n) is 2.72. The Hall–Kier alpha value is -2.43. The first-order chi connectivity index (χ1) is 11.7. The summed E-state index contributed by atoms with van der Waals surface area (Å²) in [7, 11) is 4.74. The number of benzene rings is 1. The second-order valence-electron chi connectivity index (χ2n) is 5.56. The standard InChI is InChI=1S/C19H25NO4/c1-22-16-13-15(14-17(23-2)19(16)24-3)9-5-6-10-18(21)20-11-7-4-8-12-20/h5-6,9-10,13-14H,4,7-8,11-12H2,1-3H3/b9-5+,10-6+. The van der Waals surface area contributed by atoms with Gasteiger partial charge >= 0.3 is 0 Å². The van der Waals surface area contributed by atoms with Gasteiger partial charge < -0.3 is 19.1 Å². The van der Waals surface area contributed by atoms with Crippen molar-refractivity contribution in [3.8, 4) is 17.2 Å². The first kappa shape index (κ1) is 17.9. The van der Waals surface area contributed by atoms with Crippen LogP contribution in [0.25, 0.3) is 6.08 Å². The average Bonchev–Trinajstić information content (AvgIpc) is 2.64. The molecule has 0 aliphatic carbocycles. The van der Waals surface area contributed by atoms with E-state index < -0.39 is 0 Å². The number of ether oxygens (including phenoxy) is 3. The van der Waals surface area contributed by atoms with E-state index in [-0.39, 0.29) is 5.91 Å². The lowest BCUT2D eigenvalue weighted by molar-refractivity contribution is -0.126. The van der Waals surface area contributed by atoms with Gasteiger partial charge in [-0.3, -0.25) is 4.79 Å². The van der Waals surface area contributed by atoms with Gasteiger partial charge in [0, 0.05) is 19.2 Å². The van der Waals surface area contributed by atoms with Crippen molar-refractivity contribution in [1.29, 1.82) is 0 Å². The molecule has 5 nitrogen and oxygen atoms in total. The largest absolute Gasteiger partial charge is 0.493 e. The number of allylic oxidation sites excluding steroid dienone is 2. The highest BCUT2D eigenvalue weighted by molar-refractivity contribution is 5.88. The first-order valence-electron chi connectivity index (χ1n) is 8.13. The molecular weight excluding hydrogens is 306 g/mol. The number of nitrogens with zero attached hydrogens (tertiary/aromatic N) is 1. The van der Waals surface area contributed by atoms with Gasteiger partial charge in [0.2, 0.25) is 11.7 Å². The number of methoxy groups -OCH3 is 3. The maximum absolute atomic E-state index is 12.0. The number of hydrogen-bond donors (Lipinski definition) is 0. The summed E-state index contributed by atoms with van der Waals surface area (Å²) < 4.78 is 16.0. The Morgan fingerprint density at radius 2 is 1.58 bits per heavy atom. The molecule has 1 fully saturated rings. The quantitative estimate of drug-likeness (QED) is 0.593. The lowest BCUT2D eigenvalue weighted by Gasteiger charge is -2.25. The van der Waals surface area contributed by atoms with Crippen molar-refractivity contribution < 1.29 is 19.0 Å². The maximum atomic E-state index is 12.0. The van der Waals surface area contributed by atoms with Crippen molar-refractivity contribution in [3.63, 3.8) is 0 Å². The predicted octanol–water partition coefficient (Wildman–Crippen LogP) is 3.29. The summed E-state index contributed by atoms with van der Waals surface area (Å²) in [6.07, 6.45) is 10.5. The molecule has 1 aromatic rings. The minimum Gasteiger partial charge on any atom is -0.493 e. The molecule has 5 heteroatoms. The average molecular weight is 331 g/mol. The van der Waals surface area contributed by atoms with Crippen LogP contribution in [0.2, 0.25) is 0 Å². The van der Waals surface area contributed by atoms with Gasteiger partial charge in [0.1, 0.15) is 0 Å². The van der Waals surface area contributed by atoms with Gasteiger partial charge in [-0.1, -0.05) is 18.2 Å². The summed E-state index contributed by atoms with van der Waals surface area (Å²) in [4.78, 5) is 13.9. The molecule has 1 heterocycles. The van der Waals surface area contributed by atoms with E-state index in [0.29, 0.717) is 17.2 Å². The van der Waals surface area contributed by atoms with E-state index in [1.54, 1.807) is 33.5 Å². The molecule has 0 saturated carbocycles. The first-order valence-corrected chi connectivity index (χ1v) is 8.13. The van der Waals surface area contributed by atoms with Gasteiger partial charge in [-0.2, -0.15) is 0 Å². The molecule has 0 unspecified atom stereocenters. The zero-order chi connectivity index (χ0) is 17.4. The highest BCUT2D eigenvalue weighted by atomic mass is 16.5. The summed E-state index contributed by atoms with van der Waals surface area (Å²) in [5, 5.41) is 0. The van der Waals surface area contributed by atoms with Crippen LogP contribution in [0.5, 0.6) is 17.2 Å². The Morgan fingerprint density at radius 3 is 2.12 bits per heavy atom. The summed E-state index contributed by atoms with van der Waals surface area (Å²) >= 11 is 0. The molecule has 130 valence electrons. The Balaban J connectivity index is 2.05. The lowest BCUT2D eigenvalue weighted by Crippen LogP contribution is -2.34. The van der Waals surface area contributed by atoms with Crippen molar-refractivity contribution in [1.82, 2.24) is 4.90 Å². The van der Waals surface area contributed by atoms with Gasteiger partial charge in [-0.15, -0.1) is 0 Å². The summed E-state index contributed by atoms with van der Waals surface area (Å²) in [5.41, 5.74) is 0.902. The van der Waals surface area contributed by atoms with E-state index in [2.05, 4.69) is 0 Å². The SMILES string of the molecule is COc1cc(/C=C/C=C/C(=O)N2CCCCC2)cc(OC)c1OC.